The SMILES string of the molecule is CN=C(NCC(C)CN1CCN(C)CC1)N1CCN(c2cccc(OC)c2)CC1.I. The van der Waals surface area contributed by atoms with Crippen LogP contribution in [0.2, 0.25) is 0 Å². The zero-order valence-electron chi connectivity index (χ0n) is 19.0. The number of methoxy groups -OCH3 is 1. The summed E-state index contributed by atoms with van der Waals surface area (Å²) >= 11 is 0. The quantitative estimate of drug-likeness (QED) is 0.345. The fraction of sp³-hybridized carbons (Fsp3) is 0.682. The monoisotopic (exact) mass is 530 g/mol. The van der Waals surface area contributed by atoms with Gasteiger partial charge in [-0.15, -0.1) is 24.0 Å². The van der Waals surface area contributed by atoms with Gasteiger partial charge in [0.1, 0.15) is 5.75 Å². The first kappa shape index (κ1) is 25.0. The fourth-order valence-corrected chi connectivity index (χ4v) is 4.12. The normalized spacial score (nSPS) is 19.9. The topological polar surface area (TPSA) is 46.6 Å². The Hall–Kier alpha value is -1.26. The first-order valence-electron chi connectivity index (χ1n) is 10.8. The number of hydrogen-bond donors (Lipinski definition) is 1. The van der Waals surface area contributed by atoms with Gasteiger partial charge in [0.15, 0.2) is 5.96 Å². The van der Waals surface area contributed by atoms with Crippen molar-refractivity contribution in [3.8, 4) is 5.75 Å². The molecule has 8 heteroatoms. The Labute approximate surface area is 199 Å². The van der Waals surface area contributed by atoms with Crippen molar-refractivity contribution in [2.45, 2.75) is 6.92 Å². The molecular formula is C22H39IN6O. The van der Waals surface area contributed by atoms with Gasteiger partial charge < -0.3 is 29.7 Å². The Kier molecular flexibility index (Phi) is 10.5. The summed E-state index contributed by atoms with van der Waals surface area (Å²) in [6, 6.07) is 8.33. The first-order chi connectivity index (χ1) is 14.1. The minimum Gasteiger partial charge on any atom is -0.497 e. The number of hydrogen-bond acceptors (Lipinski definition) is 5. The number of anilines is 1. The molecule has 0 aromatic heterocycles. The molecule has 1 unspecified atom stereocenters. The minimum atomic E-state index is 0. The van der Waals surface area contributed by atoms with Crippen molar-refractivity contribution in [3.63, 3.8) is 0 Å². The van der Waals surface area contributed by atoms with E-state index in [1.807, 2.05) is 13.1 Å². The average Bonchev–Trinajstić information content (AvgIpc) is 2.76. The van der Waals surface area contributed by atoms with Gasteiger partial charge in [0.05, 0.1) is 7.11 Å². The van der Waals surface area contributed by atoms with Crippen LogP contribution in [0.5, 0.6) is 5.75 Å². The third-order valence-corrected chi connectivity index (χ3v) is 5.98. The van der Waals surface area contributed by atoms with E-state index >= 15 is 0 Å². The molecule has 0 spiro atoms. The number of nitrogens with one attached hydrogen (secondary N) is 1. The van der Waals surface area contributed by atoms with Gasteiger partial charge in [0, 0.05) is 84.2 Å². The van der Waals surface area contributed by atoms with E-state index in [1.54, 1.807) is 7.11 Å². The summed E-state index contributed by atoms with van der Waals surface area (Å²) in [4.78, 5) is 14.3. The van der Waals surface area contributed by atoms with Gasteiger partial charge in [0.2, 0.25) is 0 Å². The third kappa shape index (κ3) is 7.16. The molecule has 1 aromatic rings. The molecule has 0 bridgehead atoms. The largest absolute Gasteiger partial charge is 0.497 e. The van der Waals surface area contributed by atoms with Crippen molar-refractivity contribution in [1.82, 2.24) is 20.0 Å². The van der Waals surface area contributed by atoms with E-state index in [9.17, 15) is 0 Å². The molecular weight excluding hydrogens is 491 g/mol. The number of benzene rings is 1. The van der Waals surface area contributed by atoms with Crippen LogP contribution in [0.1, 0.15) is 6.92 Å². The summed E-state index contributed by atoms with van der Waals surface area (Å²) in [5.41, 5.74) is 1.23. The second-order valence-electron chi connectivity index (χ2n) is 8.31. The highest BCUT2D eigenvalue weighted by Gasteiger charge is 2.21. The van der Waals surface area contributed by atoms with Crippen molar-refractivity contribution in [3.05, 3.63) is 24.3 Å². The Morgan fingerprint density at radius 2 is 1.80 bits per heavy atom. The number of guanidine groups is 1. The summed E-state index contributed by atoms with van der Waals surface area (Å²) in [7, 11) is 5.82. The van der Waals surface area contributed by atoms with Crippen molar-refractivity contribution >= 4 is 35.6 Å². The Morgan fingerprint density at radius 3 is 2.43 bits per heavy atom. The fourth-order valence-electron chi connectivity index (χ4n) is 4.12. The average molecular weight is 530 g/mol. The number of aliphatic imine (C=N–C) groups is 1. The van der Waals surface area contributed by atoms with Crippen LogP contribution in [-0.2, 0) is 0 Å². The van der Waals surface area contributed by atoms with E-state index in [2.05, 4.69) is 62.1 Å². The highest BCUT2D eigenvalue weighted by molar-refractivity contribution is 14.0. The lowest BCUT2D eigenvalue weighted by molar-refractivity contribution is 0.139. The number of ether oxygens (including phenoxy) is 1. The summed E-state index contributed by atoms with van der Waals surface area (Å²) < 4.78 is 5.36. The van der Waals surface area contributed by atoms with Crippen molar-refractivity contribution in [2.24, 2.45) is 10.9 Å². The van der Waals surface area contributed by atoms with Gasteiger partial charge in [-0.2, -0.15) is 0 Å². The summed E-state index contributed by atoms with van der Waals surface area (Å²) in [6.45, 7) is 13.1. The molecule has 1 aromatic carbocycles. The highest BCUT2D eigenvalue weighted by atomic mass is 127. The molecule has 2 aliphatic rings. The summed E-state index contributed by atoms with van der Waals surface area (Å²) in [5, 5.41) is 3.61. The van der Waals surface area contributed by atoms with Crippen LogP contribution in [0, 0.1) is 5.92 Å². The lowest BCUT2D eigenvalue weighted by Crippen LogP contribution is -2.53. The van der Waals surface area contributed by atoms with Gasteiger partial charge >= 0.3 is 0 Å². The molecule has 2 aliphatic heterocycles. The van der Waals surface area contributed by atoms with Crippen molar-refractivity contribution < 1.29 is 4.74 Å². The number of likely N-dealkylation sites (N-methyl/N-ethyl adjacent to an activating group) is 1. The molecule has 1 N–H and O–H groups in total. The van der Waals surface area contributed by atoms with Crippen LogP contribution >= 0.6 is 24.0 Å². The maximum atomic E-state index is 5.36. The van der Waals surface area contributed by atoms with E-state index in [0.29, 0.717) is 5.92 Å². The molecule has 2 fully saturated rings. The van der Waals surface area contributed by atoms with Crippen LogP contribution < -0.4 is 15.0 Å². The van der Waals surface area contributed by atoms with Crippen molar-refractivity contribution in [2.75, 3.05) is 91.6 Å². The lowest BCUT2D eigenvalue weighted by atomic mass is 10.1. The Balaban J connectivity index is 0.00000320. The highest BCUT2D eigenvalue weighted by Crippen LogP contribution is 2.22. The van der Waals surface area contributed by atoms with Crippen LogP contribution in [0.3, 0.4) is 0 Å². The molecule has 0 aliphatic carbocycles. The molecule has 0 amide bonds. The van der Waals surface area contributed by atoms with E-state index in [0.717, 1.165) is 51.0 Å². The minimum absolute atomic E-state index is 0. The van der Waals surface area contributed by atoms with Gasteiger partial charge in [-0.25, -0.2) is 0 Å². The molecule has 0 saturated carbocycles. The molecule has 3 rings (SSSR count). The van der Waals surface area contributed by atoms with Gasteiger partial charge in [-0.05, 0) is 25.1 Å². The molecule has 7 nitrogen and oxygen atoms in total. The van der Waals surface area contributed by atoms with Crippen molar-refractivity contribution in [1.29, 1.82) is 0 Å². The van der Waals surface area contributed by atoms with Crippen LogP contribution in [0.25, 0.3) is 0 Å². The summed E-state index contributed by atoms with van der Waals surface area (Å²) in [5.74, 6) is 2.55. The van der Waals surface area contributed by atoms with E-state index < -0.39 is 0 Å². The zero-order chi connectivity index (χ0) is 20.6. The Bertz CT molecular complexity index is 657. The van der Waals surface area contributed by atoms with Gasteiger partial charge in [-0.3, -0.25) is 4.99 Å². The number of piperazine rings is 2. The summed E-state index contributed by atoms with van der Waals surface area (Å²) in [6.07, 6.45) is 0. The van der Waals surface area contributed by atoms with E-state index in [-0.39, 0.29) is 24.0 Å². The molecule has 1 atom stereocenters. The van der Waals surface area contributed by atoms with Crippen LogP contribution in [0.15, 0.2) is 29.3 Å². The smallest absolute Gasteiger partial charge is 0.193 e. The van der Waals surface area contributed by atoms with E-state index in [4.69, 9.17) is 4.74 Å². The number of rotatable bonds is 6. The molecule has 2 heterocycles. The third-order valence-electron chi connectivity index (χ3n) is 5.98. The molecule has 170 valence electrons. The van der Waals surface area contributed by atoms with E-state index in [1.165, 1.54) is 31.9 Å². The Morgan fingerprint density at radius 1 is 1.10 bits per heavy atom. The second kappa shape index (κ2) is 12.6. The van der Waals surface area contributed by atoms with Crippen LogP contribution in [-0.4, -0.2) is 107 Å². The first-order valence-corrected chi connectivity index (χ1v) is 10.8. The van der Waals surface area contributed by atoms with Gasteiger partial charge in [0.25, 0.3) is 0 Å². The number of nitrogens with zero attached hydrogens (tertiary/aromatic N) is 5. The second-order valence-corrected chi connectivity index (χ2v) is 8.31. The van der Waals surface area contributed by atoms with Gasteiger partial charge in [-0.1, -0.05) is 13.0 Å². The standard InChI is InChI=1S/C22H38N6O.HI/c1-19(18-26-10-8-25(3)9-11-26)17-24-22(23-2)28-14-12-27(13-15-28)20-6-5-7-21(16-20)29-4;/h5-7,16,19H,8-15,17-18H2,1-4H3,(H,23,24);1H. The molecule has 30 heavy (non-hydrogen) atoms. The lowest BCUT2D eigenvalue weighted by Gasteiger charge is -2.38. The number of halogens is 1. The molecule has 0 radical (unpaired) electrons. The van der Waals surface area contributed by atoms with Crippen LogP contribution in [0.4, 0.5) is 5.69 Å². The zero-order valence-corrected chi connectivity index (χ0v) is 21.3. The maximum absolute atomic E-state index is 5.36. The predicted octanol–water partition coefficient (Wildman–Crippen LogP) is 1.89. The predicted molar refractivity (Wildman–Crippen MR) is 137 cm³/mol. The molecule has 2 saturated heterocycles. The maximum Gasteiger partial charge on any atom is 0.193 e.